The maximum atomic E-state index is 6.80. The van der Waals surface area contributed by atoms with Gasteiger partial charge < -0.3 is 18.1 Å². The van der Waals surface area contributed by atoms with E-state index in [2.05, 4.69) is 120 Å². The molecule has 0 aliphatic heterocycles. The van der Waals surface area contributed by atoms with Crippen molar-refractivity contribution in [3.63, 3.8) is 0 Å². The molecule has 0 radical (unpaired) electrons. The van der Waals surface area contributed by atoms with Crippen LogP contribution in [0.5, 0.6) is 11.5 Å². The molecule has 8 aromatic carbocycles. The maximum Gasteiger partial charge on any atom is 0.147 e. The van der Waals surface area contributed by atoms with Gasteiger partial charge in [0.05, 0.1) is 22.1 Å². The average Bonchev–Trinajstić information content (AvgIpc) is 3.87. The van der Waals surface area contributed by atoms with Crippen LogP contribution in [0.15, 0.2) is 179 Å². The topological polar surface area (TPSA) is 40.4 Å². The minimum Gasteiger partial charge on any atom is -0.457 e. The monoisotopic (exact) mass is 701 g/mol. The highest BCUT2D eigenvalue weighted by atomic mass is 35.5. The Hall–Kier alpha value is -6.75. The molecule has 250 valence electrons. The molecule has 0 bridgehead atoms. The largest absolute Gasteiger partial charge is 0.457 e. The number of hydrogen-bond donors (Lipinski definition) is 0. The van der Waals surface area contributed by atoms with Gasteiger partial charge in [-0.25, -0.2) is 0 Å². The van der Waals surface area contributed by atoms with Gasteiger partial charge in [-0.05, 0) is 77.9 Å². The first-order valence-corrected chi connectivity index (χ1v) is 18.0. The van der Waals surface area contributed by atoms with E-state index in [0.29, 0.717) is 16.5 Å². The van der Waals surface area contributed by atoms with Gasteiger partial charge in [0, 0.05) is 43.1 Å². The van der Waals surface area contributed by atoms with Crippen molar-refractivity contribution in [2.24, 2.45) is 0 Å². The van der Waals surface area contributed by atoms with E-state index in [1.165, 1.54) is 21.8 Å². The standard InChI is InChI=1S/C48H28ClNO3/c49-31-25-30(35-17-10-18-38-39-23-24-45-46(48(39)53-47(35)38)40-16-4-8-22-44(40)52-45)27-33(28-31)51-32-12-9-11-29(26-32)34-13-1-5-19-41(34)50-42-20-6-2-14-36(42)37-15-3-7-21-43(37)50/h1-28H. The molecule has 53 heavy (non-hydrogen) atoms. The van der Waals surface area contributed by atoms with Crippen molar-refractivity contribution in [3.8, 4) is 39.4 Å². The molecule has 0 unspecified atom stereocenters. The molecule has 0 fully saturated rings. The summed E-state index contributed by atoms with van der Waals surface area (Å²) in [5.41, 5.74) is 10.7. The molecule has 3 heterocycles. The van der Waals surface area contributed by atoms with E-state index in [1.54, 1.807) is 0 Å². The number of hydrogen-bond acceptors (Lipinski definition) is 3. The smallest absolute Gasteiger partial charge is 0.147 e. The average molecular weight is 702 g/mol. The van der Waals surface area contributed by atoms with E-state index in [1.807, 2.05) is 54.6 Å². The number of furan rings is 2. The molecule has 0 N–H and O–H groups in total. The summed E-state index contributed by atoms with van der Waals surface area (Å²) >= 11 is 6.80. The first-order valence-electron chi connectivity index (χ1n) is 17.6. The summed E-state index contributed by atoms with van der Waals surface area (Å²) in [6.45, 7) is 0. The summed E-state index contributed by atoms with van der Waals surface area (Å²) in [6, 6.07) is 58.2. The first-order chi connectivity index (χ1) is 26.2. The number of rotatable bonds is 5. The highest BCUT2D eigenvalue weighted by Gasteiger charge is 2.19. The molecular formula is C48H28ClNO3. The number of nitrogens with zero attached hydrogens (tertiary/aromatic N) is 1. The molecule has 0 aliphatic carbocycles. The van der Waals surface area contributed by atoms with Crippen LogP contribution in [0.3, 0.4) is 0 Å². The second-order valence-corrected chi connectivity index (χ2v) is 13.8. The van der Waals surface area contributed by atoms with E-state index in [4.69, 9.17) is 25.2 Å². The lowest BCUT2D eigenvalue weighted by molar-refractivity contribution is 0.483. The third-order valence-corrected chi connectivity index (χ3v) is 10.5. The lowest BCUT2D eigenvalue weighted by atomic mass is 10.0. The molecular weight excluding hydrogens is 674 g/mol. The van der Waals surface area contributed by atoms with Crippen molar-refractivity contribution in [2.75, 3.05) is 0 Å². The molecule has 0 aliphatic rings. The molecule has 0 saturated carbocycles. The fraction of sp³-hybridized carbons (Fsp3) is 0. The fourth-order valence-electron chi connectivity index (χ4n) is 8.03. The Bertz CT molecular complexity index is 3180. The number of aromatic nitrogens is 1. The molecule has 11 aromatic rings. The van der Waals surface area contributed by atoms with Gasteiger partial charge in [-0.2, -0.15) is 0 Å². The summed E-state index contributed by atoms with van der Waals surface area (Å²) in [5, 5.41) is 7.12. The fourth-order valence-corrected chi connectivity index (χ4v) is 8.25. The quantitative estimate of drug-likeness (QED) is 0.179. The number of ether oxygens (including phenoxy) is 1. The maximum absolute atomic E-state index is 6.80. The molecule has 3 aromatic heterocycles. The second kappa shape index (κ2) is 11.6. The van der Waals surface area contributed by atoms with Crippen molar-refractivity contribution < 1.29 is 13.6 Å². The van der Waals surface area contributed by atoms with Crippen LogP contribution in [0, 0.1) is 0 Å². The Morgan fingerprint density at radius 3 is 1.94 bits per heavy atom. The highest BCUT2D eigenvalue weighted by molar-refractivity contribution is 6.31. The van der Waals surface area contributed by atoms with Crippen LogP contribution in [0.2, 0.25) is 5.02 Å². The van der Waals surface area contributed by atoms with E-state index in [-0.39, 0.29) is 0 Å². The van der Waals surface area contributed by atoms with Crippen molar-refractivity contribution in [1.82, 2.24) is 4.57 Å². The van der Waals surface area contributed by atoms with Crippen molar-refractivity contribution in [1.29, 1.82) is 0 Å². The molecule has 4 nitrogen and oxygen atoms in total. The number of para-hydroxylation sites is 5. The van der Waals surface area contributed by atoms with Gasteiger partial charge >= 0.3 is 0 Å². The summed E-state index contributed by atoms with van der Waals surface area (Å²) in [4.78, 5) is 0. The first kappa shape index (κ1) is 29.9. The Morgan fingerprint density at radius 1 is 0.434 bits per heavy atom. The van der Waals surface area contributed by atoms with Gasteiger partial charge in [-0.15, -0.1) is 0 Å². The van der Waals surface area contributed by atoms with E-state index < -0.39 is 0 Å². The van der Waals surface area contributed by atoms with Crippen LogP contribution in [0.25, 0.3) is 93.6 Å². The molecule has 5 heteroatoms. The Balaban J connectivity index is 0.996. The van der Waals surface area contributed by atoms with Gasteiger partial charge in [0.1, 0.15) is 33.8 Å². The van der Waals surface area contributed by atoms with Gasteiger partial charge in [0.25, 0.3) is 0 Å². The number of fused-ring (bicyclic) bond motifs is 10. The lowest BCUT2D eigenvalue weighted by Gasteiger charge is -2.15. The highest BCUT2D eigenvalue weighted by Crippen LogP contribution is 2.43. The Kier molecular flexibility index (Phi) is 6.57. The minimum absolute atomic E-state index is 0.571. The van der Waals surface area contributed by atoms with Crippen molar-refractivity contribution >= 4 is 77.3 Å². The molecule has 11 rings (SSSR count). The minimum atomic E-state index is 0.571. The summed E-state index contributed by atoms with van der Waals surface area (Å²) < 4.78 is 21.8. The third-order valence-electron chi connectivity index (χ3n) is 10.3. The van der Waals surface area contributed by atoms with Crippen LogP contribution in [-0.2, 0) is 0 Å². The van der Waals surface area contributed by atoms with Gasteiger partial charge in [0.2, 0.25) is 0 Å². The summed E-state index contributed by atoms with van der Waals surface area (Å²) in [6.07, 6.45) is 0. The van der Waals surface area contributed by atoms with Crippen molar-refractivity contribution in [3.05, 3.63) is 175 Å². The van der Waals surface area contributed by atoms with Gasteiger partial charge in [0.15, 0.2) is 0 Å². The van der Waals surface area contributed by atoms with Gasteiger partial charge in [-0.1, -0.05) is 115 Å². The van der Waals surface area contributed by atoms with Crippen LogP contribution < -0.4 is 4.74 Å². The third kappa shape index (κ3) is 4.70. The Labute approximate surface area is 308 Å². The summed E-state index contributed by atoms with van der Waals surface area (Å²) in [7, 11) is 0. The number of benzene rings is 8. The second-order valence-electron chi connectivity index (χ2n) is 13.4. The van der Waals surface area contributed by atoms with E-state index in [0.717, 1.165) is 71.8 Å². The zero-order valence-corrected chi connectivity index (χ0v) is 29.0. The molecule has 0 saturated heterocycles. The van der Waals surface area contributed by atoms with Crippen LogP contribution in [0.1, 0.15) is 0 Å². The van der Waals surface area contributed by atoms with Crippen LogP contribution >= 0.6 is 11.6 Å². The Morgan fingerprint density at radius 2 is 1.09 bits per heavy atom. The predicted octanol–water partition coefficient (Wildman–Crippen LogP) is 14.4. The molecule has 0 atom stereocenters. The lowest BCUT2D eigenvalue weighted by Crippen LogP contribution is -1.97. The van der Waals surface area contributed by atoms with Crippen LogP contribution in [0.4, 0.5) is 0 Å². The normalized spacial score (nSPS) is 11.9. The van der Waals surface area contributed by atoms with Gasteiger partial charge in [-0.3, -0.25) is 0 Å². The SMILES string of the molecule is Clc1cc(Oc2cccc(-c3ccccc3-n3c4ccccc4c4ccccc43)c2)cc(-c2cccc3c2oc2c3ccc3oc4ccccc4c32)c1. The molecule has 0 amide bonds. The number of halogens is 1. The van der Waals surface area contributed by atoms with E-state index in [9.17, 15) is 0 Å². The van der Waals surface area contributed by atoms with Crippen LogP contribution in [-0.4, -0.2) is 4.57 Å². The van der Waals surface area contributed by atoms with Crippen molar-refractivity contribution in [2.45, 2.75) is 0 Å². The zero-order chi connectivity index (χ0) is 35.0. The van der Waals surface area contributed by atoms with E-state index >= 15 is 0 Å². The predicted molar refractivity (Wildman–Crippen MR) is 218 cm³/mol. The zero-order valence-electron chi connectivity index (χ0n) is 28.2. The molecule has 0 spiro atoms. The summed E-state index contributed by atoms with van der Waals surface area (Å²) in [5.74, 6) is 1.35.